The molecular formula is C13H15N. The fourth-order valence-corrected chi connectivity index (χ4v) is 1.08. The van der Waals surface area contributed by atoms with Gasteiger partial charge in [-0.15, -0.1) is 0 Å². The molecule has 0 N–H and O–H groups in total. The average molecular weight is 185 g/mol. The normalized spacial score (nSPS) is 14.9. The smallest absolute Gasteiger partial charge is 0.0728 e. The molecule has 0 radical (unpaired) electrons. The summed E-state index contributed by atoms with van der Waals surface area (Å²) in [5, 5.41) is 8.96. The molecule has 0 saturated carbocycles. The van der Waals surface area contributed by atoms with Crippen molar-refractivity contribution < 1.29 is 0 Å². The maximum Gasteiger partial charge on any atom is 0.0728 e. The van der Waals surface area contributed by atoms with Gasteiger partial charge in [0.25, 0.3) is 0 Å². The van der Waals surface area contributed by atoms with Gasteiger partial charge >= 0.3 is 0 Å². The largest absolute Gasteiger partial charge is 0.197 e. The van der Waals surface area contributed by atoms with Gasteiger partial charge in [0.05, 0.1) is 11.5 Å². The Bertz CT molecular complexity index is 345. The van der Waals surface area contributed by atoms with Crippen molar-refractivity contribution in [2.45, 2.75) is 20.3 Å². The highest BCUT2D eigenvalue weighted by Gasteiger charge is 2.16. The summed E-state index contributed by atoms with van der Waals surface area (Å²) in [4.78, 5) is 0. The van der Waals surface area contributed by atoms with Crippen molar-refractivity contribution in [3.63, 3.8) is 0 Å². The van der Waals surface area contributed by atoms with Crippen LogP contribution in [-0.4, -0.2) is 0 Å². The fraction of sp³-hybridized carbons (Fsp3) is 0.308. The van der Waals surface area contributed by atoms with Crippen molar-refractivity contribution in [1.29, 1.82) is 5.26 Å². The van der Waals surface area contributed by atoms with E-state index in [0.29, 0.717) is 0 Å². The van der Waals surface area contributed by atoms with Crippen LogP contribution < -0.4 is 0 Å². The zero-order valence-electron chi connectivity index (χ0n) is 8.70. The summed E-state index contributed by atoms with van der Waals surface area (Å²) in [6.45, 7) is 3.98. The van der Waals surface area contributed by atoms with Crippen molar-refractivity contribution in [3.8, 4) is 6.07 Å². The Kier molecular flexibility index (Phi) is 3.48. The second-order valence-electron chi connectivity index (χ2n) is 3.63. The van der Waals surface area contributed by atoms with Crippen molar-refractivity contribution in [1.82, 2.24) is 0 Å². The van der Waals surface area contributed by atoms with E-state index in [1.165, 1.54) is 0 Å². The molecule has 0 unspecified atom stereocenters. The van der Waals surface area contributed by atoms with E-state index in [1.54, 1.807) is 0 Å². The molecule has 0 spiro atoms. The molecule has 0 aromatic heterocycles. The van der Waals surface area contributed by atoms with Gasteiger partial charge in [-0.25, -0.2) is 0 Å². The lowest BCUT2D eigenvalue weighted by Gasteiger charge is -2.12. The van der Waals surface area contributed by atoms with Crippen LogP contribution in [0, 0.1) is 16.7 Å². The summed E-state index contributed by atoms with van der Waals surface area (Å²) >= 11 is 0. The highest BCUT2D eigenvalue weighted by molar-refractivity contribution is 5.50. The van der Waals surface area contributed by atoms with Gasteiger partial charge < -0.3 is 0 Å². The highest BCUT2D eigenvalue weighted by atomic mass is 14.3. The van der Waals surface area contributed by atoms with E-state index in [9.17, 15) is 0 Å². The molecule has 0 bridgehead atoms. The number of allylic oxidation sites excluding steroid dienone is 1. The van der Waals surface area contributed by atoms with Gasteiger partial charge in [-0.05, 0) is 18.9 Å². The summed E-state index contributed by atoms with van der Waals surface area (Å²) in [6.07, 6.45) is 4.82. The topological polar surface area (TPSA) is 23.8 Å². The molecule has 14 heavy (non-hydrogen) atoms. The van der Waals surface area contributed by atoms with Crippen LogP contribution in [-0.2, 0) is 0 Å². The first-order valence-electron chi connectivity index (χ1n) is 4.86. The van der Waals surface area contributed by atoms with E-state index in [-0.39, 0.29) is 5.41 Å². The molecule has 1 aromatic rings. The van der Waals surface area contributed by atoms with Crippen molar-refractivity contribution >= 4 is 6.08 Å². The van der Waals surface area contributed by atoms with Crippen LogP contribution in [0.3, 0.4) is 0 Å². The number of nitrogens with zero attached hydrogens (tertiary/aromatic N) is 1. The fourth-order valence-electron chi connectivity index (χ4n) is 1.08. The predicted octanol–water partition coefficient (Wildman–Crippen LogP) is 3.64. The lowest BCUT2D eigenvalue weighted by molar-refractivity contribution is 0.548. The van der Waals surface area contributed by atoms with E-state index in [4.69, 9.17) is 5.26 Å². The summed E-state index contributed by atoms with van der Waals surface area (Å²) in [6, 6.07) is 12.4. The molecule has 1 nitrogen and oxygen atoms in total. The molecule has 0 heterocycles. The van der Waals surface area contributed by atoms with Crippen LogP contribution in [0.5, 0.6) is 0 Å². The lowest BCUT2D eigenvalue weighted by Crippen LogP contribution is -2.07. The molecule has 0 fully saturated rings. The first kappa shape index (κ1) is 10.5. The minimum atomic E-state index is -0.337. The molecule has 72 valence electrons. The second-order valence-corrected chi connectivity index (χ2v) is 3.63. The monoisotopic (exact) mass is 185 g/mol. The molecule has 1 aromatic carbocycles. The Hall–Kier alpha value is -1.55. The van der Waals surface area contributed by atoms with E-state index in [0.717, 1.165) is 12.0 Å². The summed E-state index contributed by atoms with van der Waals surface area (Å²) in [5.41, 5.74) is 0.804. The van der Waals surface area contributed by atoms with Crippen LogP contribution in [0.4, 0.5) is 0 Å². The Labute approximate surface area is 85.7 Å². The third-order valence-corrected chi connectivity index (χ3v) is 2.43. The molecule has 0 amide bonds. The Morgan fingerprint density at radius 2 is 2.00 bits per heavy atom. The number of hydrogen-bond donors (Lipinski definition) is 0. The van der Waals surface area contributed by atoms with Gasteiger partial charge in [0, 0.05) is 0 Å². The number of nitriles is 1. The van der Waals surface area contributed by atoms with Crippen LogP contribution in [0.15, 0.2) is 36.4 Å². The SMILES string of the molecule is CC[C@@](C)(C#N)/C=C/c1ccccc1. The molecule has 0 aliphatic heterocycles. The van der Waals surface area contributed by atoms with Crippen molar-refractivity contribution in [2.75, 3.05) is 0 Å². The minimum Gasteiger partial charge on any atom is -0.197 e. The number of hydrogen-bond acceptors (Lipinski definition) is 1. The van der Waals surface area contributed by atoms with Crippen molar-refractivity contribution in [2.24, 2.45) is 5.41 Å². The van der Waals surface area contributed by atoms with Crippen molar-refractivity contribution in [3.05, 3.63) is 42.0 Å². The first-order chi connectivity index (χ1) is 6.70. The molecule has 1 rings (SSSR count). The van der Waals surface area contributed by atoms with Crippen LogP contribution in [0.25, 0.3) is 6.08 Å². The zero-order valence-corrected chi connectivity index (χ0v) is 8.70. The molecular weight excluding hydrogens is 170 g/mol. The van der Waals surface area contributed by atoms with Gasteiger partial charge in [-0.2, -0.15) is 5.26 Å². The maximum atomic E-state index is 8.96. The van der Waals surface area contributed by atoms with Gasteiger partial charge in [-0.1, -0.05) is 49.4 Å². The van der Waals surface area contributed by atoms with E-state index < -0.39 is 0 Å². The molecule has 0 saturated heterocycles. The van der Waals surface area contributed by atoms with Crippen LogP contribution in [0.2, 0.25) is 0 Å². The standard InChI is InChI=1S/C13H15N/c1-3-13(2,11-14)10-9-12-7-5-4-6-8-12/h4-10H,3H2,1-2H3/b10-9+/t13-/m1/s1. The van der Waals surface area contributed by atoms with Gasteiger partial charge in [-0.3, -0.25) is 0 Å². The summed E-state index contributed by atoms with van der Waals surface area (Å²) in [7, 11) is 0. The lowest BCUT2D eigenvalue weighted by atomic mass is 9.88. The minimum absolute atomic E-state index is 0.337. The summed E-state index contributed by atoms with van der Waals surface area (Å²) < 4.78 is 0. The zero-order chi connectivity index (χ0) is 10.4. The molecule has 0 aliphatic rings. The number of rotatable bonds is 3. The predicted molar refractivity (Wildman–Crippen MR) is 59.5 cm³/mol. The first-order valence-corrected chi connectivity index (χ1v) is 4.86. The average Bonchev–Trinajstić information content (AvgIpc) is 2.27. The Morgan fingerprint density at radius 3 is 2.50 bits per heavy atom. The van der Waals surface area contributed by atoms with E-state index >= 15 is 0 Å². The number of benzene rings is 1. The Morgan fingerprint density at radius 1 is 1.36 bits per heavy atom. The molecule has 1 heteroatoms. The van der Waals surface area contributed by atoms with Crippen LogP contribution in [0.1, 0.15) is 25.8 Å². The van der Waals surface area contributed by atoms with Crippen LogP contribution >= 0.6 is 0 Å². The Balaban J connectivity index is 2.79. The quantitative estimate of drug-likeness (QED) is 0.705. The molecule has 0 aliphatic carbocycles. The van der Waals surface area contributed by atoms with E-state index in [1.807, 2.05) is 56.3 Å². The van der Waals surface area contributed by atoms with Gasteiger partial charge in [0.1, 0.15) is 0 Å². The highest BCUT2D eigenvalue weighted by Crippen LogP contribution is 2.22. The third kappa shape index (κ3) is 2.74. The van der Waals surface area contributed by atoms with E-state index in [2.05, 4.69) is 6.07 Å². The molecule has 1 atom stereocenters. The second kappa shape index (κ2) is 4.62. The van der Waals surface area contributed by atoms with Gasteiger partial charge in [0.15, 0.2) is 0 Å². The van der Waals surface area contributed by atoms with Gasteiger partial charge in [0.2, 0.25) is 0 Å². The maximum absolute atomic E-state index is 8.96. The third-order valence-electron chi connectivity index (χ3n) is 2.43. The summed E-state index contributed by atoms with van der Waals surface area (Å²) in [5.74, 6) is 0.